The maximum atomic E-state index is 13.2. The smallest absolute Gasteiger partial charge is 0.244 e. The van der Waals surface area contributed by atoms with Gasteiger partial charge in [0.15, 0.2) is 11.5 Å². The van der Waals surface area contributed by atoms with Crippen molar-refractivity contribution in [3.05, 3.63) is 59.4 Å². The molecule has 0 fully saturated rings. The van der Waals surface area contributed by atoms with Crippen LogP contribution < -0.4 is 19.5 Å². The van der Waals surface area contributed by atoms with E-state index in [0.29, 0.717) is 17.2 Å². The van der Waals surface area contributed by atoms with Crippen LogP contribution in [0.25, 0.3) is 6.08 Å². The van der Waals surface area contributed by atoms with E-state index in [1.54, 1.807) is 30.3 Å². The standard InChI is InChI=1S/C22H26FNO4/c1-14(2)21(16-7-9-17(23)10-8-16)24-20(25)11-6-15-12-18(26-3)22(28-5)19(13-15)27-4/h6-14,21H,1-5H3,(H,24,25)/b11-6+/t21-/m0/s1. The van der Waals surface area contributed by atoms with E-state index in [1.807, 2.05) is 13.8 Å². The van der Waals surface area contributed by atoms with Gasteiger partial charge in [0.2, 0.25) is 11.7 Å². The molecule has 1 amide bonds. The van der Waals surface area contributed by atoms with Crippen molar-refractivity contribution >= 4 is 12.0 Å². The molecule has 0 unspecified atom stereocenters. The van der Waals surface area contributed by atoms with Gasteiger partial charge in [-0.05, 0) is 47.4 Å². The van der Waals surface area contributed by atoms with Crippen LogP contribution in [-0.2, 0) is 4.79 Å². The van der Waals surface area contributed by atoms with Crippen molar-refractivity contribution in [3.63, 3.8) is 0 Å². The maximum Gasteiger partial charge on any atom is 0.244 e. The van der Waals surface area contributed by atoms with Gasteiger partial charge in [0, 0.05) is 6.08 Å². The zero-order valence-corrected chi connectivity index (χ0v) is 16.8. The summed E-state index contributed by atoms with van der Waals surface area (Å²) in [6, 6.07) is 9.44. The number of ether oxygens (including phenoxy) is 3. The highest BCUT2D eigenvalue weighted by molar-refractivity contribution is 5.92. The van der Waals surface area contributed by atoms with Gasteiger partial charge >= 0.3 is 0 Å². The summed E-state index contributed by atoms with van der Waals surface area (Å²) in [5, 5.41) is 2.97. The van der Waals surface area contributed by atoms with Crippen molar-refractivity contribution in [2.75, 3.05) is 21.3 Å². The second-order valence-corrected chi connectivity index (χ2v) is 6.57. The highest BCUT2D eigenvalue weighted by Crippen LogP contribution is 2.38. The highest BCUT2D eigenvalue weighted by atomic mass is 19.1. The van der Waals surface area contributed by atoms with Crippen molar-refractivity contribution in [1.29, 1.82) is 0 Å². The Morgan fingerprint density at radius 2 is 1.57 bits per heavy atom. The Morgan fingerprint density at radius 1 is 1.00 bits per heavy atom. The summed E-state index contributed by atoms with van der Waals surface area (Å²) in [5.41, 5.74) is 1.58. The van der Waals surface area contributed by atoms with Crippen molar-refractivity contribution in [3.8, 4) is 17.2 Å². The fourth-order valence-corrected chi connectivity index (χ4v) is 2.88. The molecule has 28 heavy (non-hydrogen) atoms. The normalized spacial score (nSPS) is 12.1. The van der Waals surface area contributed by atoms with Crippen LogP contribution in [0.4, 0.5) is 4.39 Å². The Hall–Kier alpha value is -3.02. The van der Waals surface area contributed by atoms with Gasteiger partial charge in [-0.2, -0.15) is 0 Å². The van der Waals surface area contributed by atoms with E-state index in [2.05, 4.69) is 5.32 Å². The van der Waals surface area contributed by atoms with E-state index >= 15 is 0 Å². The summed E-state index contributed by atoms with van der Waals surface area (Å²) in [6.45, 7) is 3.99. The van der Waals surface area contributed by atoms with Gasteiger partial charge < -0.3 is 19.5 Å². The van der Waals surface area contributed by atoms with Crippen LogP contribution in [0.5, 0.6) is 17.2 Å². The molecule has 0 spiro atoms. The second kappa shape index (κ2) is 9.78. The van der Waals surface area contributed by atoms with Crippen LogP contribution in [0.3, 0.4) is 0 Å². The van der Waals surface area contributed by atoms with Gasteiger partial charge in [0.05, 0.1) is 27.4 Å². The van der Waals surface area contributed by atoms with Crippen LogP contribution >= 0.6 is 0 Å². The summed E-state index contributed by atoms with van der Waals surface area (Å²) in [5.74, 6) is 1.09. The molecule has 0 aromatic heterocycles. The van der Waals surface area contributed by atoms with Crippen molar-refractivity contribution < 1.29 is 23.4 Å². The third-order valence-electron chi connectivity index (χ3n) is 4.31. The molecular weight excluding hydrogens is 361 g/mol. The number of nitrogens with one attached hydrogen (secondary N) is 1. The summed E-state index contributed by atoms with van der Waals surface area (Å²) in [7, 11) is 4.60. The van der Waals surface area contributed by atoms with Crippen LogP contribution in [0, 0.1) is 11.7 Å². The van der Waals surface area contributed by atoms with E-state index in [1.165, 1.54) is 39.5 Å². The van der Waals surface area contributed by atoms with Crippen LogP contribution in [-0.4, -0.2) is 27.2 Å². The maximum absolute atomic E-state index is 13.2. The van der Waals surface area contributed by atoms with E-state index in [9.17, 15) is 9.18 Å². The minimum absolute atomic E-state index is 0.143. The van der Waals surface area contributed by atoms with Gasteiger partial charge in [-0.15, -0.1) is 0 Å². The van der Waals surface area contributed by atoms with Gasteiger partial charge in [0.25, 0.3) is 0 Å². The largest absolute Gasteiger partial charge is 0.493 e. The Bertz CT molecular complexity index is 806. The second-order valence-electron chi connectivity index (χ2n) is 6.57. The molecule has 0 saturated carbocycles. The summed E-state index contributed by atoms with van der Waals surface area (Å²) in [4.78, 5) is 12.4. The predicted molar refractivity (Wildman–Crippen MR) is 107 cm³/mol. The van der Waals surface area contributed by atoms with E-state index in [4.69, 9.17) is 14.2 Å². The number of rotatable bonds is 8. The first-order valence-electron chi connectivity index (χ1n) is 8.93. The molecule has 6 heteroatoms. The van der Waals surface area contributed by atoms with E-state index in [0.717, 1.165) is 11.1 Å². The molecule has 0 saturated heterocycles. The first-order chi connectivity index (χ1) is 13.4. The average Bonchev–Trinajstić information content (AvgIpc) is 2.70. The monoisotopic (exact) mass is 387 g/mol. The molecule has 2 rings (SSSR count). The molecule has 0 aliphatic rings. The topological polar surface area (TPSA) is 56.8 Å². The van der Waals surface area contributed by atoms with Crippen molar-refractivity contribution in [2.24, 2.45) is 5.92 Å². The molecular formula is C22H26FNO4. The lowest BCUT2D eigenvalue weighted by Crippen LogP contribution is -2.30. The average molecular weight is 387 g/mol. The zero-order chi connectivity index (χ0) is 20.7. The first kappa shape index (κ1) is 21.3. The van der Waals surface area contributed by atoms with E-state index < -0.39 is 0 Å². The number of carbonyl (C=O) groups is 1. The molecule has 1 N–H and O–H groups in total. The third kappa shape index (κ3) is 5.25. The number of hydrogen-bond acceptors (Lipinski definition) is 4. The van der Waals surface area contributed by atoms with Crippen LogP contribution in [0.2, 0.25) is 0 Å². The Morgan fingerprint density at radius 3 is 2.04 bits per heavy atom. The third-order valence-corrected chi connectivity index (χ3v) is 4.31. The Kier molecular flexibility index (Phi) is 7.44. The van der Waals surface area contributed by atoms with Gasteiger partial charge in [-0.25, -0.2) is 4.39 Å². The molecule has 0 heterocycles. The number of methoxy groups -OCH3 is 3. The van der Waals surface area contributed by atoms with Gasteiger partial charge in [0.1, 0.15) is 5.82 Å². The lowest BCUT2D eigenvalue weighted by atomic mass is 9.96. The molecule has 2 aromatic carbocycles. The summed E-state index contributed by atoms with van der Waals surface area (Å²) in [6.07, 6.45) is 3.11. The number of halogens is 1. The lowest BCUT2D eigenvalue weighted by molar-refractivity contribution is -0.117. The molecule has 2 aromatic rings. The Labute approximate surface area is 165 Å². The van der Waals surface area contributed by atoms with E-state index in [-0.39, 0.29) is 23.7 Å². The van der Waals surface area contributed by atoms with Crippen LogP contribution in [0.15, 0.2) is 42.5 Å². The lowest BCUT2D eigenvalue weighted by Gasteiger charge is -2.22. The molecule has 0 radical (unpaired) electrons. The number of amides is 1. The molecule has 0 aliphatic heterocycles. The zero-order valence-electron chi connectivity index (χ0n) is 16.8. The fourth-order valence-electron chi connectivity index (χ4n) is 2.88. The minimum Gasteiger partial charge on any atom is -0.493 e. The highest BCUT2D eigenvalue weighted by Gasteiger charge is 2.17. The molecule has 0 aliphatic carbocycles. The molecule has 150 valence electrons. The quantitative estimate of drug-likeness (QED) is 0.683. The Balaban J connectivity index is 2.19. The minimum atomic E-state index is -0.306. The molecule has 5 nitrogen and oxygen atoms in total. The predicted octanol–water partition coefficient (Wildman–Crippen LogP) is 4.38. The fraction of sp³-hybridized carbons (Fsp3) is 0.318. The first-order valence-corrected chi connectivity index (χ1v) is 8.93. The van der Waals surface area contributed by atoms with Gasteiger partial charge in [-0.1, -0.05) is 26.0 Å². The van der Waals surface area contributed by atoms with Gasteiger partial charge in [-0.3, -0.25) is 4.79 Å². The summed E-state index contributed by atoms with van der Waals surface area (Å²) >= 11 is 0. The SMILES string of the molecule is COc1cc(/C=C/C(=O)N[C@H](c2ccc(F)cc2)C(C)C)cc(OC)c1OC. The van der Waals surface area contributed by atoms with Crippen LogP contribution in [0.1, 0.15) is 31.0 Å². The number of benzene rings is 2. The molecule has 1 atom stereocenters. The van der Waals surface area contributed by atoms with Crippen molar-refractivity contribution in [1.82, 2.24) is 5.32 Å². The van der Waals surface area contributed by atoms with Crippen molar-refractivity contribution in [2.45, 2.75) is 19.9 Å². The number of hydrogen-bond donors (Lipinski definition) is 1. The number of carbonyl (C=O) groups excluding carboxylic acids is 1. The summed E-state index contributed by atoms with van der Waals surface area (Å²) < 4.78 is 29.1. The molecule has 0 bridgehead atoms.